The van der Waals surface area contributed by atoms with Crippen LogP contribution in [0, 0.1) is 6.92 Å². The van der Waals surface area contributed by atoms with Gasteiger partial charge in [-0.1, -0.05) is 18.2 Å². The standard InChI is InChI=1S/C20H24N2O4S2/c1-14-10-11-15(26-2)13-19(14)28(24,25)22-12-6-8-17(22)20(23)21-16-7-4-5-9-18(16)27-3/h4-5,7,9-11,13,17H,6,8,12H2,1-3H3,(H,21,23)/t17-/m0/s1. The molecule has 1 aliphatic heterocycles. The van der Waals surface area contributed by atoms with Crippen molar-refractivity contribution in [1.29, 1.82) is 0 Å². The SMILES string of the molecule is COc1ccc(C)c(S(=O)(=O)N2CCC[C@H]2C(=O)Nc2ccccc2SC)c1. The zero-order chi connectivity index (χ0) is 20.3. The second-order valence-electron chi connectivity index (χ2n) is 6.59. The number of nitrogens with zero attached hydrogens (tertiary/aromatic N) is 1. The van der Waals surface area contributed by atoms with Crippen molar-refractivity contribution in [3.63, 3.8) is 0 Å². The molecule has 1 atom stereocenters. The maximum absolute atomic E-state index is 13.3. The molecule has 0 unspecified atom stereocenters. The molecular weight excluding hydrogens is 396 g/mol. The summed E-state index contributed by atoms with van der Waals surface area (Å²) >= 11 is 1.53. The lowest BCUT2D eigenvalue weighted by Crippen LogP contribution is -2.43. The first-order valence-corrected chi connectivity index (χ1v) is 11.7. The Morgan fingerprint density at radius 3 is 2.71 bits per heavy atom. The number of carbonyl (C=O) groups excluding carboxylic acids is 1. The molecule has 0 aromatic heterocycles. The molecule has 0 aliphatic carbocycles. The number of thioether (sulfide) groups is 1. The average Bonchev–Trinajstić information content (AvgIpc) is 3.19. The van der Waals surface area contributed by atoms with Crippen LogP contribution in [-0.4, -0.2) is 44.6 Å². The van der Waals surface area contributed by atoms with Gasteiger partial charge in [-0.2, -0.15) is 4.31 Å². The summed E-state index contributed by atoms with van der Waals surface area (Å²) in [6.45, 7) is 2.06. The molecule has 6 nitrogen and oxygen atoms in total. The van der Waals surface area contributed by atoms with Crippen LogP contribution in [0.5, 0.6) is 5.75 Å². The number of hydrogen-bond acceptors (Lipinski definition) is 5. The molecule has 8 heteroatoms. The van der Waals surface area contributed by atoms with Crippen molar-refractivity contribution in [2.75, 3.05) is 25.2 Å². The van der Waals surface area contributed by atoms with E-state index in [1.54, 1.807) is 19.1 Å². The van der Waals surface area contributed by atoms with Crippen molar-refractivity contribution >= 4 is 33.4 Å². The van der Waals surface area contributed by atoms with Crippen LogP contribution >= 0.6 is 11.8 Å². The van der Waals surface area contributed by atoms with Crippen LogP contribution in [-0.2, 0) is 14.8 Å². The highest BCUT2D eigenvalue weighted by Crippen LogP contribution is 2.31. The first kappa shape index (κ1) is 20.7. The van der Waals surface area contributed by atoms with E-state index in [9.17, 15) is 13.2 Å². The van der Waals surface area contributed by atoms with Gasteiger partial charge >= 0.3 is 0 Å². The van der Waals surface area contributed by atoms with Gasteiger partial charge < -0.3 is 10.1 Å². The Bertz CT molecular complexity index is 976. The lowest BCUT2D eigenvalue weighted by Gasteiger charge is -2.24. The summed E-state index contributed by atoms with van der Waals surface area (Å²) < 4.78 is 33.1. The van der Waals surface area contributed by atoms with E-state index < -0.39 is 16.1 Å². The number of amides is 1. The van der Waals surface area contributed by atoms with E-state index in [1.807, 2.05) is 30.5 Å². The number of carbonyl (C=O) groups is 1. The normalized spacial score (nSPS) is 17.5. The van der Waals surface area contributed by atoms with E-state index in [0.717, 1.165) is 4.90 Å². The monoisotopic (exact) mass is 420 g/mol. The molecule has 1 fully saturated rings. The predicted molar refractivity (Wildman–Crippen MR) is 111 cm³/mol. The molecule has 3 rings (SSSR count). The molecular formula is C20H24N2O4S2. The summed E-state index contributed by atoms with van der Waals surface area (Å²) in [4.78, 5) is 14.0. The highest BCUT2D eigenvalue weighted by Gasteiger charge is 2.40. The number of para-hydroxylation sites is 1. The van der Waals surface area contributed by atoms with Crippen LogP contribution < -0.4 is 10.1 Å². The van der Waals surface area contributed by atoms with Crippen LogP contribution in [0.2, 0.25) is 0 Å². The first-order valence-electron chi connectivity index (χ1n) is 8.99. The van der Waals surface area contributed by atoms with Crippen molar-refractivity contribution < 1.29 is 17.9 Å². The van der Waals surface area contributed by atoms with Crippen molar-refractivity contribution in [1.82, 2.24) is 4.31 Å². The molecule has 150 valence electrons. The lowest BCUT2D eigenvalue weighted by atomic mass is 10.2. The number of anilines is 1. The number of rotatable bonds is 6. The van der Waals surface area contributed by atoms with Gasteiger partial charge in [-0.15, -0.1) is 11.8 Å². The summed E-state index contributed by atoms with van der Waals surface area (Å²) in [7, 11) is -2.32. The second kappa shape index (κ2) is 8.55. The van der Waals surface area contributed by atoms with Gasteiger partial charge in [-0.05, 0) is 49.8 Å². The van der Waals surface area contributed by atoms with Gasteiger partial charge in [0.25, 0.3) is 0 Å². The molecule has 0 saturated carbocycles. The summed E-state index contributed by atoms with van der Waals surface area (Å²) in [5.74, 6) is 0.168. The number of hydrogen-bond donors (Lipinski definition) is 1. The van der Waals surface area contributed by atoms with Gasteiger partial charge in [-0.25, -0.2) is 8.42 Å². The Kier molecular flexibility index (Phi) is 6.32. The number of ether oxygens (including phenoxy) is 1. The largest absolute Gasteiger partial charge is 0.497 e. The maximum Gasteiger partial charge on any atom is 0.244 e. The van der Waals surface area contributed by atoms with E-state index in [0.29, 0.717) is 36.4 Å². The molecule has 1 aliphatic rings. The Labute approximate surface area is 170 Å². The molecule has 1 N–H and O–H groups in total. The molecule has 2 aromatic rings. The maximum atomic E-state index is 13.3. The van der Waals surface area contributed by atoms with Gasteiger partial charge in [0, 0.05) is 17.5 Å². The predicted octanol–water partition coefficient (Wildman–Crippen LogP) is 3.52. The van der Waals surface area contributed by atoms with Crippen LogP contribution in [0.4, 0.5) is 5.69 Å². The van der Waals surface area contributed by atoms with E-state index >= 15 is 0 Å². The van der Waals surface area contributed by atoms with Gasteiger partial charge in [0.05, 0.1) is 17.7 Å². The second-order valence-corrected chi connectivity index (χ2v) is 9.30. The Morgan fingerprint density at radius 1 is 1.25 bits per heavy atom. The molecule has 2 aromatic carbocycles. The third kappa shape index (κ3) is 4.04. The molecule has 0 spiro atoms. The highest BCUT2D eigenvalue weighted by molar-refractivity contribution is 7.98. The topological polar surface area (TPSA) is 75.7 Å². The van der Waals surface area contributed by atoms with Crippen molar-refractivity contribution in [3.8, 4) is 5.75 Å². The summed E-state index contributed by atoms with van der Waals surface area (Å²) in [5, 5.41) is 2.90. The molecule has 1 heterocycles. The van der Waals surface area contributed by atoms with Gasteiger partial charge in [0.15, 0.2) is 0 Å². The zero-order valence-electron chi connectivity index (χ0n) is 16.1. The van der Waals surface area contributed by atoms with Crippen LogP contribution in [0.15, 0.2) is 52.3 Å². The first-order chi connectivity index (χ1) is 13.4. The smallest absolute Gasteiger partial charge is 0.244 e. The fraction of sp³-hybridized carbons (Fsp3) is 0.350. The number of benzene rings is 2. The summed E-state index contributed by atoms with van der Waals surface area (Å²) in [6.07, 6.45) is 3.07. The Hall–Kier alpha value is -2.03. The van der Waals surface area contributed by atoms with E-state index in [2.05, 4.69) is 5.32 Å². The summed E-state index contributed by atoms with van der Waals surface area (Å²) in [6, 6.07) is 11.7. The minimum Gasteiger partial charge on any atom is -0.497 e. The minimum atomic E-state index is -3.82. The van der Waals surface area contributed by atoms with Gasteiger partial charge in [-0.3, -0.25) is 4.79 Å². The molecule has 0 radical (unpaired) electrons. The summed E-state index contributed by atoms with van der Waals surface area (Å²) in [5.41, 5.74) is 1.32. The zero-order valence-corrected chi connectivity index (χ0v) is 17.8. The van der Waals surface area contributed by atoms with Crippen LogP contribution in [0.3, 0.4) is 0 Å². The number of nitrogens with one attached hydrogen (secondary N) is 1. The van der Waals surface area contributed by atoms with E-state index in [-0.39, 0.29) is 10.8 Å². The molecule has 0 bridgehead atoms. The number of methoxy groups -OCH3 is 1. The third-order valence-electron chi connectivity index (χ3n) is 4.85. The lowest BCUT2D eigenvalue weighted by molar-refractivity contribution is -0.119. The van der Waals surface area contributed by atoms with Gasteiger partial charge in [0.1, 0.15) is 11.8 Å². The van der Waals surface area contributed by atoms with E-state index in [4.69, 9.17) is 4.74 Å². The quantitative estimate of drug-likeness (QED) is 0.724. The van der Waals surface area contributed by atoms with Crippen molar-refractivity contribution in [3.05, 3.63) is 48.0 Å². The number of aryl methyl sites for hydroxylation is 1. The van der Waals surface area contributed by atoms with E-state index in [1.165, 1.54) is 29.2 Å². The fourth-order valence-electron chi connectivity index (χ4n) is 3.37. The Morgan fingerprint density at radius 2 is 2.00 bits per heavy atom. The van der Waals surface area contributed by atoms with Crippen molar-refractivity contribution in [2.24, 2.45) is 0 Å². The average molecular weight is 421 g/mol. The third-order valence-corrected chi connectivity index (χ3v) is 7.70. The molecule has 1 amide bonds. The van der Waals surface area contributed by atoms with Crippen LogP contribution in [0.1, 0.15) is 18.4 Å². The molecule has 1 saturated heterocycles. The Balaban J connectivity index is 1.89. The van der Waals surface area contributed by atoms with Crippen LogP contribution in [0.25, 0.3) is 0 Å². The minimum absolute atomic E-state index is 0.177. The fourth-order valence-corrected chi connectivity index (χ4v) is 5.82. The molecule has 28 heavy (non-hydrogen) atoms. The highest BCUT2D eigenvalue weighted by atomic mass is 32.2. The number of sulfonamides is 1. The van der Waals surface area contributed by atoms with Gasteiger partial charge in [0.2, 0.25) is 15.9 Å². The van der Waals surface area contributed by atoms with Crippen molar-refractivity contribution in [2.45, 2.75) is 35.6 Å².